The fourth-order valence-electron chi connectivity index (χ4n) is 1.43. The molecular weight excluding hydrogens is 312 g/mol. The van der Waals surface area contributed by atoms with E-state index >= 15 is 0 Å². The molecule has 0 saturated heterocycles. The molecule has 6 heteroatoms. The predicted octanol–water partition coefficient (Wildman–Crippen LogP) is 3.20. The molecule has 0 fully saturated rings. The summed E-state index contributed by atoms with van der Waals surface area (Å²) in [6, 6.07) is 17.5. The zero-order valence-electron chi connectivity index (χ0n) is 13.1. The highest BCUT2D eigenvalue weighted by atomic mass is 16.5. The number of hydrogen-bond acceptors (Lipinski definition) is 4. The fourth-order valence-corrected chi connectivity index (χ4v) is 1.43. The first-order valence-corrected chi connectivity index (χ1v) is 6.99. The van der Waals surface area contributed by atoms with Crippen molar-refractivity contribution in [2.75, 3.05) is 0 Å². The minimum absolute atomic E-state index is 0.277. The highest BCUT2D eigenvalue weighted by Crippen LogP contribution is 2.11. The maximum Gasteiger partial charge on any atom is 0.371 e. The SMILES string of the molecule is C=C(Oc1ccccc1)C(=O)O.CC(Oc1ccccc1)C(=O)O. The standard InChI is InChI=1S/C9H10O3.C9H8O3/c2*1-7(9(10)11)12-8-5-3-2-4-6-8/h2-7H,1H3,(H,10,11);2-6H,1H2,(H,10,11). The molecule has 1 unspecified atom stereocenters. The lowest BCUT2D eigenvalue weighted by Gasteiger charge is -2.09. The molecule has 2 rings (SSSR count). The third-order valence-electron chi connectivity index (χ3n) is 2.63. The van der Waals surface area contributed by atoms with Gasteiger partial charge in [-0.15, -0.1) is 0 Å². The molecule has 0 saturated carbocycles. The first kappa shape index (κ1) is 18.8. The number of aliphatic carboxylic acids is 2. The first-order valence-electron chi connectivity index (χ1n) is 6.99. The van der Waals surface area contributed by atoms with Gasteiger partial charge in [0.15, 0.2) is 6.10 Å². The van der Waals surface area contributed by atoms with Crippen molar-refractivity contribution in [1.82, 2.24) is 0 Å². The van der Waals surface area contributed by atoms with Gasteiger partial charge in [0.1, 0.15) is 11.5 Å². The number of para-hydroxylation sites is 2. The Hall–Kier alpha value is -3.28. The van der Waals surface area contributed by atoms with Gasteiger partial charge in [0.05, 0.1) is 0 Å². The lowest BCUT2D eigenvalue weighted by molar-refractivity contribution is -0.144. The van der Waals surface area contributed by atoms with Gasteiger partial charge in [-0.1, -0.05) is 36.4 Å². The second-order valence-electron chi connectivity index (χ2n) is 4.55. The van der Waals surface area contributed by atoms with Gasteiger partial charge in [0, 0.05) is 0 Å². The summed E-state index contributed by atoms with van der Waals surface area (Å²) >= 11 is 0. The van der Waals surface area contributed by atoms with Crippen molar-refractivity contribution >= 4 is 11.9 Å². The van der Waals surface area contributed by atoms with Gasteiger partial charge in [-0.05, 0) is 37.8 Å². The zero-order chi connectivity index (χ0) is 17.9. The average Bonchev–Trinajstić information content (AvgIpc) is 2.57. The molecular formula is C18H18O6. The van der Waals surface area contributed by atoms with Gasteiger partial charge in [0.2, 0.25) is 5.76 Å². The van der Waals surface area contributed by atoms with Crippen LogP contribution < -0.4 is 9.47 Å². The number of hydrogen-bond donors (Lipinski definition) is 2. The summed E-state index contributed by atoms with van der Waals surface area (Å²) in [4.78, 5) is 20.7. The molecule has 1 atom stereocenters. The predicted molar refractivity (Wildman–Crippen MR) is 88.0 cm³/mol. The monoisotopic (exact) mass is 330 g/mol. The molecule has 0 radical (unpaired) electrons. The number of ether oxygens (including phenoxy) is 2. The van der Waals surface area contributed by atoms with E-state index in [1.807, 2.05) is 12.1 Å². The molecule has 24 heavy (non-hydrogen) atoms. The Morgan fingerprint density at radius 3 is 1.79 bits per heavy atom. The van der Waals surface area contributed by atoms with Crippen LogP contribution in [-0.2, 0) is 9.59 Å². The third kappa shape index (κ3) is 7.13. The average molecular weight is 330 g/mol. The van der Waals surface area contributed by atoms with Crippen LogP contribution in [0.15, 0.2) is 73.0 Å². The molecule has 0 aromatic heterocycles. The van der Waals surface area contributed by atoms with Gasteiger partial charge in [-0.3, -0.25) is 0 Å². The van der Waals surface area contributed by atoms with Crippen molar-refractivity contribution in [3.63, 3.8) is 0 Å². The molecule has 0 aliphatic rings. The Morgan fingerprint density at radius 2 is 1.38 bits per heavy atom. The zero-order valence-corrected chi connectivity index (χ0v) is 13.1. The largest absolute Gasteiger partial charge is 0.479 e. The van der Waals surface area contributed by atoms with E-state index in [1.54, 1.807) is 48.5 Å². The number of benzene rings is 2. The summed E-state index contributed by atoms with van der Waals surface area (Å²) in [5, 5.41) is 16.9. The maximum atomic E-state index is 10.4. The van der Waals surface area contributed by atoms with Crippen molar-refractivity contribution in [2.45, 2.75) is 13.0 Å². The van der Waals surface area contributed by atoms with Crippen molar-refractivity contribution in [3.05, 3.63) is 73.0 Å². The minimum Gasteiger partial charge on any atom is -0.479 e. The van der Waals surface area contributed by atoms with E-state index in [9.17, 15) is 9.59 Å². The molecule has 126 valence electrons. The third-order valence-corrected chi connectivity index (χ3v) is 2.63. The number of carboxylic acid groups (broad SMARTS) is 2. The van der Waals surface area contributed by atoms with E-state index in [0.29, 0.717) is 11.5 Å². The summed E-state index contributed by atoms with van der Waals surface area (Å²) in [6.45, 7) is 4.72. The van der Waals surface area contributed by atoms with Gasteiger partial charge >= 0.3 is 11.9 Å². The Labute approximate surface area is 139 Å². The van der Waals surface area contributed by atoms with Crippen LogP contribution in [-0.4, -0.2) is 28.3 Å². The number of rotatable bonds is 6. The van der Waals surface area contributed by atoms with Crippen LogP contribution in [0.4, 0.5) is 0 Å². The van der Waals surface area contributed by atoms with E-state index in [4.69, 9.17) is 19.7 Å². The van der Waals surface area contributed by atoms with E-state index in [2.05, 4.69) is 6.58 Å². The highest BCUT2D eigenvalue weighted by molar-refractivity contribution is 5.83. The number of carboxylic acids is 2. The van der Waals surface area contributed by atoms with Crippen LogP contribution in [0.3, 0.4) is 0 Å². The molecule has 0 bridgehead atoms. The van der Waals surface area contributed by atoms with Gasteiger partial charge in [0.25, 0.3) is 0 Å². The maximum absolute atomic E-state index is 10.4. The van der Waals surface area contributed by atoms with Crippen LogP contribution >= 0.6 is 0 Å². The van der Waals surface area contributed by atoms with Crippen molar-refractivity contribution in [3.8, 4) is 11.5 Å². The Kier molecular flexibility index (Phi) is 7.57. The smallest absolute Gasteiger partial charge is 0.371 e. The van der Waals surface area contributed by atoms with E-state index in [1.165, 1.54) is 6.92 Å². The van der Waals surface area contributed by atoms with Crippen LogP contribution in [0.25, 0.3) is 0 Å². The van der Waals surface area contributed by atoms with E-state index < -0.39 is 18.0 Å². The quantitative estimate of drug-likeness (QED) is 0.624. The summed E-state index contributed by atoms with van der Waals surface area (Å²) in [6.07, 6.45) is -0.799. The summed E-state index contributed by atoms with van der Waals surface area (Å²) in [5.74, 6) is -1.34. The van der Waals surface area contributed by atoms with Crippen molar-refractivity contribution < 1.29 is 29.3 Å². The normalized spacial score (nSPS) is 10.5. The molecule has 0 aliphatic carbocycles. The van der Waals surface area contributed by atoms with Crippen LogP contribution in [0.2, 0.25) is 0 Å². The lowest BCUT2D eigenvalue weighted by Crippen LogP contribution is -2.22. The molecule has 0 spiro atoms. The minimum atomic E-state index is -1.15. The van der Waals surface area contributed by atoms with Crippen molar-refractivity contribution in [1.29, 1.82) is 0 Å². The van der Waals surface area contributed by atoms with Crippen LogP contribution in [0.5, 0.6) is 11.5 Å². The van der Waals surface area contributed by atoms with E-state index in [-0.39, 0.29) is 5.76 Å². The first-order chi connectivity index (χ1) is 11.4. The van der Waals surface area contributed by atoms with Gasteiger partial charge in [-0.2, -0.15) is 0 Å². The highest BCUT2D eigenvalue weighted by Gasteiger charge is 2.11. The van der Waals surface area contributed by atoms with Crippen LogP contribution in [0, 0.1) is 0 Å². The Bertz CT molecular complexity index is 666. The van der Waals surface area contributed by atoms with Gasteiger partial charge in [-0.25, -0.2) is 9.59 Å². The summed E-state index contributed by atoms with van der Waals surface area (Å²) < 4.78 is 9.96. The molecule has 2 N–H and O–H groups in total. The second-order valence-corrected chi connectivity index (χ2v) is 4.55. The van der Waals surface area contributed by atoms with Gasteiger partial charge < -0.3 is 19.7 Å². The fraction of sp³-hybridized carbons (Fsp3) is 0.111. The lowest BCUT2D eigenvalue weighted by atomic mass is 10.3. The number of carbonyl (C=O) groups is 2. The molecule has 2 aromatic rings. The van der Waals surface area contributed by atoms with Crippen molar-refractivity contribution in [2.24, 2.45) is 0 Å². The second kappa shape index (κ2) is 9.68. The van der Waals surface area contributed by atoms with Crippen LogP contribution in [0.1, 0.15) is 6.92 Å². The molecule has 0 heterocycles. The van der Waals surface area contributed by atoms with E-state index in [0.717, 1.165) is 0 Å². The summed E-state index contributed by atoms with van der Waals surface area (Å²) in [5.41, 5.74) is 0. The Balaban J connectivity index is 0.000000240. The summed E-state index contributed by atoms with van der Waals surface area (Å²) in [7, 11) is 0. The topological polar surface area (TPSA) is 93.1 Å². The Morgan fingerprint density at radius 1 is 0.917 bits per heavy atom. The molecule has 0 aliphatic heterocycles. The molecule has 6 nitrogen and oxygen atoms in total. The molecule has 2 aromatic carbocycles. The molecule has 0 amide bonds.